The largest absolute Gasteiger partial charge is 0.486 e. The highest BCUT2D eigenvalue weighted by Gasteiger charge is 2.46. The monoisotopic (exact) mass is 387 g/mol. The van der Waals surface area contributed by atoms with Crippen LogP contribution in [0.2, 0.25) is 0 Å². The lowest BCUT2D eigenvalue weighted by atomic mass is 9.95. The van der Waals surface area contributed by atoms with Gasteiger partial charge in [-0.25, -0.2) is 8.42 Å². The van der Waals surface area contributed by atoms with Crippen LogP contribution in [0.5, 0.6) is 11.5 Å². The van der Waals surface area contributed by atoms with E-state index < -0.39 is 27.6 Å². The fourth-order valence-corrected chi connectivity index (χ4v) is 5.15. The quantitative estimate of drug-likeness (QED) is 0.590. The van der Waals surface area contributed by atoms with Crippen molar-refractivity contribution in [3.05, 3.63) is 53.6 Å². The van der Waals surface area contributed by atoms with Crippen molar-refractivity contribution < 1.29 is 27.5 Å². The Bertz CT molecular complexity index is 1050. The van der Waals surface area contributed by atoms with Crippen molar-refractivity contribution in [1.29, 1.82) is 0 Å². The maximum atomic E-state index is 13.1. The zero-order valence-electron chi connectivity index (χ0n) is 14.5. The van der Waals surface area contributed by atoms with Gasteiger partial charge >= 0.3 is 0 Å². The van der Waals surface area contributed by atoms with E-state index in [1.807, 2.05) is 0 Å². The summed E-state index contributed by atoms with van der Waals surface area (Å²) in [5, 5.41) is 0. The fourth-order valence-electron chi connectivity index (χ4n) is 3.40. The van der Waals surface area contributed by atoms with Gasteiger partial charge in [-0.2, -0.15) is 4.31 Å². The zero-order chi connectivity index (χ0) is 19.2. The highest BCUT2D eigenvalue weighted by Crippen LogP contribution is 2.34. The number of Topliss-reactive ketones (excluding diaryl/α,β-unsaturated/α-hetero) is 2. The third kappa shape index (κ3) is 2.72. The van der Waals surface area contributed by atoms with E-state index in [1.54, 1.807) is 25.1 Å². The number of hydrogen-bond acceptors (Lipinski definition) is 6. The van der Waals surface area contributed by atoms with Crippen LogP contribution in [0.25, 0.3) is 0 Å². The first-order valence-electron chi connectivity index (χ1n) is 8.54. The molecule has 0 amide bonds. The summed E-state index contributed by atoms with van der Waals surface area (Å²) in [7, 11) is -3.95. The van der Waals surface area contributed by atoms with Crippen LogP contribution >= 0.6 is 0 Å². The normalized spacial score (nSPS) is 20.8. The number of likely N-dealkylation sites (N-methyl/N-ethyl adjacent to an activating group) is 1. The Balaban J connectivity index is 1.80. The summed E-state index contributed by atoms with van der Waals surface area (Å²) >= 11 is 0. The van der Waals surface area contributed by atoms with Crippen molar-refractivity contribution >= 4 is 21.6 Å². The van der Waals surface area contributed by atoms with Gasteiger partial charge in [0.25, 0.3) is 0 Å². The summed E-state index contributed by atoms with van der Waals surface area (Å²) in [6.07, 6.45) is 0. The Morgan fingerprint density at radius 1 is 1.11 bits per heavy atom. The molecule has 1 atom stereocenters. The molecule has 2 aliphatic rings. The highest BCUT2D eigenvalue weighted by molar-refractivity contribution is 7.89. The van der Waals surface area contributed by atoms with Crippen molar-refractivity contribution in [2.45, 2.75) is 17.9 Å². The number of ketones is 2. The van der Waals surface area contributed by atoms with E-state index in [4.69, 9.17) is 9.47 Å². The van der Waals surface area contributed by atoms with Gasteiger partial charge in [0.1, 0.15) is 13.2 Å². The second kappa shape index (κ2) is 6.47. The Morgan fingerprint density at radius 2 is 1.81 bits per heavy atom. The second-order valence-corrected chi connectivity index (χ2v) is 8.05. The van der Waals surface area contributed by atoms with Gasteiger partial charge in [-0.3, -0.25) is 9.59 Å². The number of carbonyl (C=O) groups excluding carboxylic acids is 2. The molecule has 0 aliphatic carbocycles. The second-order valence-electron chi connectivity index (χ2n) is 6.19. The van der Waals surface area contributed by atoms with Gasteiger partial charge in [0.15, 0.2) is 29.1 Å². The summed E-state index contributed by atoms with van der Waals surface area (Å²) in [6, 6.07) is 9.13. The van der Waals surface area contributed by atoms with Gasteiger partial charge in [-0.1, -0.05) is 19.1 Å². The summed E-state index contributed by atoms with van der Waals surface area (Å²) in [5.41, 5.74) is 0.240. The van der Waals surface area contributed by atoms with Gasteiger partial charge in [-0.05, 0) is 30.3 Å². The molecule has 2 aromatic rings. The zero-order valence-corrected chi connectivity index (χ0v) is 15.4. The van der Waals surface area contributed by atoms with Gasteiger partial charge in [0.05, 0.1) is 4.90 Å². The molecular formula is C19H17NO6S. The molecule has 0 saturated carbocycles. The van der Waals surface area contributed by atoms with E-state index in [0.717, 1.165) is 4.31 Å². The maximum absolute atomic E-state index is 13.1. The van der Waals surface area contributed by atoms with E-state index in [-0.39, 0.29) is 22.6 Å². The molecule has 0 N–H and O–H groups in total. The minimum absolute atomic E-state index is 0.00334. The minimum atomic E-state index is -3.95. The predicted octanol–water partition coefficient (Wildman–Crippen LogP) is 1.92. The Hall–Kier alpha value is -2.71. The number of fused-ring (bicyclic) bond motifs is 2. The molecule has 0 aromatic heterocycles. The molecule has 7 nitrogen and oxygen atoms in total. The smallest absolute Gasteiger partial charge is 0.244 e. The Kier molecular flexibility index (Phi) is 4.24. The summed E-state index contributed by atoms with van der Waals surface area (Å²) in [4.78, 5) is 26.1. The van der Waals surface area contributed by atoms with Crippen molar-refractivity contribution in [2.24, 2.45) is 0 Å². The number of hydrogen-bond donors (Lipinski definition) is 0. The van der Waals surface area contributed by atoms with Crippen LogP contribution in [0.1, 0.15) is 27.6 Å². The Morgan fingerprint density at radius 3 is 2.56 bits per heavy atom. The van der Waals surface area contributed by atoms with Crippen molar-refractivity contribution in [1.82, 2.24) is 4.31 Å². The molecule has 0 fully saturated rings. The van der Waals surface area contributed by atoms with E-state index in [2.05, 4.69) is 0 Å². The first kappa shape index (κ1) is 17.7. The van der Waals surface area contributed by atoms with Crippen LogP contribution in [0.3, 0.4) is 0 Å². The average molecular weight is 387 g/mol. The summed E-state index contributed by atoms with van der Waals surface area (Å²) in [6.45, 7) is 2.38. The first-order chi connectivity index (χ1) is 12.9. The first-order valence-corrected chi connectivity index (χ1v) is 9.98. The molecule has 2 heterocycles. The molecule has 0 bridgehead atoms. The van der Waals surface area contributed by atoms with Crippen LogP contribution < -0.4 is 9.47 Å². The third-order valence-corrected chi connectivity index (χ3v) is 6.66. The lowest BCUT2D eigenvalue weighted by Gasteiger charge is -2.33. The molecule has 8 heteroatoms. The molecule has 0 spiro atoms. The standard InChI is InChI=1S/C19H17NO6S/c1-2-20-17(19(22)13-5-3-4-6-16(13)27(20,23)24)18(21)12-7-8-14-15(11-12)26-10-9-25-14/h3-8,11,17H,2,9-10H2,1H3. The predicted molar refractivity (Wildman–Crippen MR) is 95.9 cm³/mol. The molecule has 2 aliphatic heterocycles. The van der Waals surface area contributed by atoms with Crippen molar-refractivity contribution in [2.75, 3.05) is 19.8 Å². The highest BCUT2D eigenvalue weighted by atomic mass is 32.2. The topological polar surface area (TPSA) is 90.0 Å². The van der Waals surface area contributed by atoms with Crippen molar-refractivity contribution in [3.63, 3.8) is 0 Å². The summed E-state index contributed by atoms with van der Waals surface area (Å²) in [5.74, 6) is -0.196. The molecule has 140 valence electrons. The number of benzene rings is 2. The Labute approximate surface area is 156 Å². The molecular weight excluding hydrogens is 370 g/mol. The molecule has 0 saturated heterocycles. The number of ether oxygens (including phenoxy) is 2. The fraction of sp³-hybridized carbons (Fsp3) is 0.263. The average Bonchev–Trinajstić information content (AvgIpc) is 2.69. The SMILES string of the molecule is CCN1C(C(=O)c2ccc3c(c2)OCCO3)C(=O)c2ccccc2S1(=O)=O. The van der Waals surface area contributed by atoms with Crippen LogP contribution in [-0.2, 0) is 10.0 Å². The van der Waals surface area contributed by atoms with Gasteiger partial charge in [0, 0.05) is 17.7 Å². The lowest BCUT2D eigenvalue weighted by molar-refractivity contribution is 0.0770. The van der Waals surface area contributed by atoms with E-state index in [0.29, 0.717) is 24.7 Å². The number of carbonyl (C=O) groups is 2. The van der Waals surface area contributed by atoms with E-state index in [9.17, 15) is 18.0 Å². The molecule has 1 unspecified atom stereocenters. The van der Waals surface area contributed by atoms with E-state index >= 15 is 0 Å². The molecule has 4 rings (SSSR count). The van der Waals surface area contributed by atoms with Crippen LogP contribution in [0.15, 0.2) is 47.4 Å². The maximum Gasteiger partial charge on any atom is 0.244 e. The van der Waals surface area contributed by atoms with Crippen LogP contribution in [0, 0.1) is 0 Å². The number of nitrogens with zero attached hydrogens (tertiary/aromatic N) is 1. The number of rotatable bonds is 3. The van der Waals surface area contributed by atoms with E-state index in [1.165, 1.54) is 24.3 Å². The summed E-state index contributed by atoms with van der Waals surface area (Å²) < 4.78 is 37.8. The number of sulfonamides is 1. The molecule has 27 heavy (non-hydrogen) atoms. The van der Waals surface area contributed by atoms with Crippen LogP contribution in [0.4, 0.5) is 0 Å². The van der Waals surface area contributed by atoms with Crippen LogP contribution in [-0.4, -0.2) is 50.1 Å². The van der Waals surface area contributed by atoms with Gasteiger partial charge < -0.3 is 9.47 Å². The van der Waals surface area contributed by atoms with Gasteiger partial charge in [0.2, 0.25) is 10.0 Å². The van der Waals surface area contributed by atoms with Gasteiger partial charge in [-0.15, -0.1) is 0 Å². The van der Waals surface area contributed by atoms with Crippen molar-refractivity contribution in [3.8, 4) is 11.5 Å². The molecule has 2 aromatic carbocycles. The minimum Gasteiger partial charge on any atom is -0.486 e. The molecule has 0 radical (unpaired) electrons. The lowest BCUT2D eigenvalue weighted by Crippen LogP contribution is -2.53. The third-order valence-electron chi connectivity index (χ3n) is 4.66.